The molecular formula is C56H66O10. The minimum atomic E-state index is 0.148. The lowest BCUT2D eigenvalue weighted by Gasteiger charge is -2.29. The van der Waals surface area contributed by atoms with Gasteiger partial charge in [-0.05, 0) is 156 Å². The normalized spacial score (nSPS) is 11.8. The van der Waals surface area contributed by atoms with Crippen molar-refractivity contribution in [1.82, 2.24) is 0 Å². The molecule has 0 N–H and O–H groups in total. The van der Waals surface area contributed by atoms with E-state index < -0.39 is 0 Å². The summed E-state index contributed by atoms with van der Waals surface area (Å²) < 4.78 is 56.4. The smallest absolute Gasteiger partial charge is 0.203 e. The van der Waals surface area contributed by atoms with Crippen molar-refractivity contribution in [2.45, 2.75) is 57.3 Å². The monoisotopic (exact) mass is 898 g/mol. The van der Waals surface area contributed by atoms with Gasteiger partial charge >= 0.3 is 0 Å². The van der Waals surface area contributed by atoms with Crippen LogP contribution in [0.15, 0.2) is 109 Å². The van der Waals surface area contributed by atoms with Gasteiger partial charge in [0.05, 0.1) is 71.1 Å². The molecule has 0 saturated carbocycles. The number of rotatable bonds is 25. The molecule has 0 saturated heterocycles. The van der Waals surface area contributed by atoms with Crippen LogP contribution in [0, 0.1) is 5.92 Å². The molecule has 0 aliphatic rings. The molecule has 0 heterocycles. The van der Waals surface area contributed by atoms with Crippen molar-refractivity contribution < 1.29 is 47.4 Å². The van der Waals surface area contributed by atoms with Crippen LogP contribution in [0.2, 0.25) is 0 Å². The molecule has 2 atom stereocenters. The van der Waals surface area contributed by atoms with E-state index in [0.29, 0.717) is 40.2 Å². The van der Waals surface area contributed by atoms with E-state index in [1.807, 2.05) is 36.4 Å². The predicted molar refractivity (Wildman–Crippen MR) is 261 cm³/mol. The zero-order chi connectivity index (χ0) is 47.0. The number of hydrogen-bond donors (Lipinski definition) is 0. The van der Waals surface area contributed by atoms with Gasteiger partial charge in [-0.15, -0.1) is 0 Å². The second-order valence-corrected chi connectivity index (χ2v) is 16.3. The van der Waals surface area contributed by atoms with Crippen molar-refractivity contribution in [2.75, 3.05) is 71.1 Å². The Morgan fingerprint density at radius 1 is 0.288 bits per heavy atom. The molecule has 6 aromatic rings. The van der Waals surface area contributed by atoms with E-state index in [0.717, 1.165) is 79.7 Å². The topological polar surface area (TPSA) is 92.3 Å². The standard InChI is InChI=1S/C56H66O10/c1-57-47-27-24-41(31-49(47)59-3)23-25-44(29-39-17-11-37(12-18-39)15-21-42-32-51(61-5)55(65-9)52(33-42)62-6)46(45-26-28-48(58-2)50(36-45)60-4)30-40-19-13-38(14-20-40)16-22-43-34-53(63-7)56(66-10)54(35-43)64-8/h11-14,17-20,24,26-28,31-36,44,46H,15-16,21-23,25,29-30H2,1-10H3/t44-,46-/m0/s1. The van der Waals surface area contributed by atoms with Crippen LogP contribution in [-0.4, -0.2) is 71.1 Å². The third-order valence-corrected chi connectivity index (χ3v) is 12.5. The Bertz CT molecular complexity index is 2410. The third kappa shape index (κ3) is 12.2. The first-order valence-corrected chi connectivity index (χ1v) is 22.4. The molecule has 0 bridgehead atoms. The van der Waals surface area contributed by atoms with Crippen LogP contribution < -0.4 is 47.4 Å². The van der Waals surface area contributed by atoms with Gasteiger partial charge in [-0.1, -0.05) is 60.7 Å². The molecule has 10 nitrogen and oxygen atoms in total. The number of hydrogen-bond acceptors (Lipinski definition) is 10. The zero-order valence-corrected chi connectivity index (χ0v) is 40.3. The molecule has 350 valence electrons. The Labute approximate surface area is 391 Å². The zero-order valence-electron chi connectivity index (χ0n) is 40.3. The molecule has 6 aromatic carbocycles. The van der Waals surface area contributed by atoms with Gasteiger partial charge in [0.1, 0.15) is 0 Å². The molecule has 0 fully saturated rings. The Kier molecular flexibility index (Phi) is 17.7. The molecule has 0 radical (unpaired) electrons. The van der Waals surface area contributed by atoms with Crippen LogP contribution in [0.3, 0.4) is 0 Å². The summed E-state index contributed by atoms with van der Waals surface area (Å²) in [6.45, 7) is 0. The average molecular weight is 899 g/mol. The van der Waals surface area contributed by atoms with Crippen LogP contribution in [0.5, 0.6) is 57.5 Å². The lowest BCUT2D eigenvalue weighted by molar-refractivity contribution is 0.324. The summed E-state index contributed by atoms with van der Waals surface area (Å²) in [7, 11) is 16.6. The van der Waals surface area contributed by atoms with Gasteiger partial charge in [0.15, 0.2) is 46.0 Å². The lowest BCUT2D eigenvalue weighted by atomic mass is 9.75. The molecule has 10 heteroatoms. The number of ether oxygens (including phenoxy) is 10. The average Bonchev–Trinajstić information content (AvgIpc) is 3.37. The highest BCUT2D eigenvalue weighted by atomic mass is 16.5. The highest BCUT2D eigenvalue weighted by Gasteiger charge is 2.26. The van der Waals surface area contributed by atoms with Crippen molar-refractivity contribution in [2.24, 2.45) is 5.92 Å². The van der Waals surface area contributed by atoms with Crippen molar-refractivity contribution in [1.29, 1.82) is 0 Å². The fourth-order valence-corrected chi connectivity index (χ4v) is 8.85. The van der Waals surface area contributed by atoms with Gasteiger partial charge in [-0.2, -0.15) is 0 Å². The molecule has 66 heavy (non-hydrogen) atoms. The maximum Gasteiger partial charge on any atom is 0.203 e. The number of aryl methyl sites for hydroxylation is 5. The first kappa shape index (κ1) is 48.8. The molecule has 0 spiro atoms. The minimum absolute atomic E-state index is 0.148. The summed E-state index contributed by atoms with van der Waals surface area (Å²) in [5.74, 6) is 7.12. The van der Waals surface area contributed by atoms with Crippen molar-refractivity contribution >= 4 is 0 Å². The molecule has 6 rings (SSSR count). The number of benzene rings is 6. The van der Waals surface area contributed by atoms with E-state index in [-0.39, 0.29) is 11.8 Å². The lowest BCUT2D eigenvalue weighted by Crippen LogP contribution is -2.20. The Morgan fingerprint density at radius 2 is 0.636 bits per heavy atom. The van der Waals surface area contributed by atoms with E-state index >= 15 is 0 Å². The molecule has 0 aliphatic carbocycles. The third-order valence-electron chi connectivity index (χ3n) is 12.5. The van der Waals surface area contributed by atoms with E-state index in [1.54, 1.807) is 71.1 Å². The minimum Gasteiger partial charge on any atom is -0.493 e. The van der Waals surface area contributed by atoms with Crippen LogP contribution >= 0.6 is 0 Å². The van der Waals surface area contributed by atoms with Gasteiger partial charge < -0.3 is 47.4 Å². The van der Waals surface area contributed by atoms with Gasteiger partial charge in [0, 0.05) is 0 Å². The van der Waals surface area contributed by atoms with Crippen LogP contribution in [0.1, 0.15) is 56.8 Å². The van der Waals surface area contributed by atoms with E-state index in [2.05, 4.69) is 72.8 Å². The van der Waals surface area contributed by atoms with E-state index in [9.17, 15) is 0 Å². The number of methoxy groups -OCH3 is 10. The molecule has 0 unspecified atom stereocenters. The maximum absolute atomic E-state index is 5.88. The largest absolute Gasteiger partial charge is 0.493 e. The highest BCUT2D eigenvalue weighted by molar-refractivity contribution is 5.55. The Balaban J connectivity index is 1.28. The summed E-state index contributed by atoms with van der Waals surface area (Å²) in [6, 6.07) is 38.9. The summed E-state index contributed by atoms with van der Waals surface area (Å²) in [5, 5.41) is 0. The summed E-state index contributed by atoms with van der Waals surface area (Å²) in [6.07, 6.45) is 6.91. The second kappa shape index (κ2) is 24.0. The predicted octanol–water partition coefficient (Wildman–Crippen LogP) is 11.2. The first-order valence-electron chi connectivity index (χ1n) is 22.4. The molecule has 0 aliphatic heterocycles. The van der Waals surface area contributed by atoms with Crippen LogP contribution in [0.25, 0.3) is 0 Å². The summed E-state index contributed by atoms with van der Waals surface area (Å²) in [4.78, 5) is 0. The van der Waals surface area contributed by atoms with Crippen LogP contribution in [-0.2, 0) is 44.9 Å². The van der Waals surface area contributed by atoms with Gasteiger partial charge in [-0.25, -0.2) is 0 Å². The van der Waals surface area contributed by atoms with Crippen molar-refractivity contribution in [3.8, 4) is 57.5 Å². The summed E-state index contributed by atoms with van der Waals surface area (Å²) >= 11 is 0. The fourth-order valence-electron chi connectivity index (χ4n) is 8.85. The quantitative estimate of drug-likeness (QED) is 0.0553. The molecule has 0 aromatic heterocycles. The fraction of sp³-hybridized carbons (Fsp3) is 0.357. The van der Waals surface area contributed by atoms with Gasteiger partial charge in [0.2, 0.25) is 11.5 Å². The second-order valence-electron chi connectivity index (χ2n) is 16.3. The Morgan fingerprint density at radius 3 is 1.06 bits per heavy atom. The van der Waals surface area contributed by atoms with E-state index in [1.165, 1.54) is 33.4 Å². The molecule has 0 amide bonds. The Hall–Kier alpha value is -6.68. The van der Waals surface area contributed by atoms with E-state index in [4.69, 9.17) is 47.4 Å². The van der Waals surface area contributed by atoms with Gasteiger partial charge in [-0.3, -0.25) is 0 Å². The maximum atomic E-state index is 5.88. The van der Waals surface area contributed by atoms with Crippen molar-refractivity contribution in [3.05, 3.63) is 154 Å². The van der Waals surface area contributed by atoms with Gasteiger partial charge in [0.25, 0.3) is 0 Å². The SMILES string of the molecule is COc1ccc(CC[C@@H](Cc2ccc(CCc3cc(OC)c(OC)c(OC)c3)cc2)[C@H](Cc2ccc(CCc3cc(OC)c(OC)c(OC)c3)cc2)c2ccc(OC)c(OC)c2)cc1OC. The van der Waals surface area contributed by atoms with Crippen LogP contribution in [0.4, 0.5) is 0 Å². The summed E-state index contributed by atoms with van der Waals surface area (Å²) in [5.41, 5.74) is 9.71. The van der Waals surface area contributed by atoms with Crippen molar-refractivity contribution in [3.63, 3.8) is 0 Å². The molecular weight excluding hydrogens is 833 g/mol. The highest BCUT2D eigenvalue weighted by Crippen LogP contribution is 2.42. The first-order chi connectivity index (χ1) is 32.2.